The number of amides is 3. The summed E-state index contributed by atoms with van der Waals surface area (Å²) in [6, 6.07) is 12.6. The minimum Gasteiger partial charge on any atom is -0.325 e. The van der Waals surface area contributed by atoms with Crippen molar-refractivity contribution in [2.75, 3.05) is 16.0 Å². The number of imide groups is 1. The summed E-state index contributed by atoms with van der Waals surface area (Å²) in [6.45, 7) is 1.89. The van der Waals surface area contributed by atoms with Crippen LogP contribution >= 0.6 is 11.8 Å². The fraction of sp³-hybridized carbons (Fsp3) is 0.211. The van der Waals surface area contributed by atoms with Gasteiger partial charge >= 0.3 is 0 Å². The number of halogens is 1. The molecule has 0 aliphatic carbocycles. The molecule has 1 fully saturated rings. The molecule has 1 atom stereocenters. The third-order valence-corrected chi connectivity index (χ3v) is 5.22. The van der Waals surface area contributed by atoms with Gasteiger partial charge in [-0.15, -0.1) is 11.8 Å². The molecule has 0 bridgehead atoms. The number of carbonyl (C=O) groups excluding carboxylic acids is 3. The van der Waals surface area contributed by atoms with Gasteiger partial charge < -0.3 is 5.32 Å². The molecule has 2 aromatic carbocycles. The molecule has 0 spiro atoms. The van der Waals surface area contributed by atoms with E-state index >= 15 is 0 Å². The van der Waals surface area contributed by atoms with Crippen LogP contribution in [0.5, 0.6) is 0 Å². The van der Waals surface area contributed by atoms with Crippen LogP contribution < -0.4 is 10.2 Å². The van der Waals surface area contributed by atoms with Crippen LogP contribution in [-0.2, 0) is 14.4 Å². The maximum absolute atomic E-state index is 13.0. The minimum atomic E-state index is -0.616. The number of benzene rings is 2. The number of carbonyl (C=O) groups is 3. The zero-order chi connectivity index (χ0) is 18.7. The normalized spacial score (nSPS) is 16.8. The van der Waals surface area contributed by atoms with Crippen molar-refractivity contribution < 1.29 is 18.8 Å². The summed E-state index contributed by atoms with van der Waals surface area (Å²) in [5, 5.41) is 2.18. The second-order valence-corrected chi connectivity index (χ2v) is 7.10. The van der Waals surface area contributed by atoms with Crippen molar-refractivity contribution in [1.29, 1.82) is 0 Å². The smallest absolute Gasteiger partial charge is 0.247 e. The van der Waals surface area contributed by atoms with Crippen molar-refractivity contribution in [3.05, 3.63) is 59.9 Å². The lowest BCUT2D eigenvalue weighted by atomic mass is 10.2. The Hall–Kier alpha value is -2.67. The van der Waals surface area contributed by atoms with Gasteiger partial charge in [0.05, 0.1) is 16.7 Å². The first kappa shape index (κ1) is 18.1. The number of nitrogens with one attached hydrogen (secondary N) is 1. The number of rotatable bonds is 5. The summed E-state index contributed by atoms with van der Waals surface area (Å²) < 4.78 is 13.0. The third kappa shape index (κ3) is 3.94. The predicted octanol–water partition coefficient (Wildman–Crippen LogP) is 3.14. The van der Waals surface area contributed by atoms with Crippen LogP contribution in [0.4, 0.5) is 15.8 Å². The summed E-state index contributed by atoms with van der Waals surface area (Å²) in [7, 11) is 0. The highest BCUT2D eigenvalue weighted by Crippen LogP contribution is 2.29. The molecule has 134 valence electrons. The molecule has 26 heavy (non-hydrogen) atoms. The molecule has 1 aliphatic heterocycles. The van der Waals surface area contributed by atoms with E-state index in [9.17, 15) is 18.8 Å². The van der Waals surface area contributed by atoms with E-state index in [-0.39, 0.29) is 29.9 Å². The lowest BCUT2D eigenvalue weighted by molar-refractivity contribution is -0.121. The van der Waals surface area contributed by atoms with Crippen molar-refractivity contribution in [2.24, 2.45) is 0 Å². The standard InChI is InChI=1S/C19H17FN2O3S/c1-12-4-2-3-5-15(12)21-17(23)11-26-16-10-18(24)22(19(16)25)14-8-6-13(20)7-9-14/h2-9,16H,10-11H2,1H3,(H,21,23)/t16-/m0/s1. The van der Waals surface area contributed by atoms with Crippen molar-refractivity contribution in [3.8, 4) is 0 Å². The molecular formula is C19H17FN2O3S. The largest absolute Gasteiger partial charge is 0.325 e. The summed E-state index contributed by atoms with van der Waals surface area (Å²) in [4.78, 5) is 37.8. The Kier molecular flexibility index (Phi) is 5.37. The molecular weight excluding hydrogens is 355 g/mol. The minimum absolute atomic E-state index is 0.0263. The van der Waals surface area contributed by atoms with Crippen LogP contribution in [0, 0.1) is 12.7 Å². The maximum atomic E-state index is 13.0. The Balaban J connectivity index is 1.60. The highest BCUT2D eigenvalue weighted by atomic mass is 32.2. The molecule has 7 heteroatoms. The third-order valence-electron chi connectivity index (χ3n) is 4.02. The molecule has 0 unspecified atom stereocenters. The first-order chi connectivity index (χ1) is 12.5. The first-order valence-electron chi connectivity index (χ1n) is 8.05. The lowest BCUT2D eigenvalue weighted by Gasteiger charge is -2.15. The molecule has 1 heterocycles. The van der Waals surface area contributed by atoms with Gasteiger partial charge in [0.1, 0.15) is 5.82 Å². The van der Waals surface area contributed by atoms with E-state index in [1.807, 2.05) is 25.1 Å². The van der Waals surface area contributed by atoms with E-state index in [1.54, 1.807) is 6.07 Å². The molecule has 5 nitrogen and oxygen atoms in total. The molecule has 0 radical (unpaired) electrons. The number of para-hydroxylation sites is 1. The molecule has 1 aliphatic rings. The van der Waals surface area contributed by atoms with Crippen LogP contribution in [0.1, 0.15) is 12.0 Å². The number of hydrogen-bond acceptors (Lipinski definition) is 4. The number of aryl methyl sites for hydroxylation is 1. The second kappa shape index (κ2) is 7.70. The maximum Gasteiger partial charge on any atom is 0.247 e. The van der Waals surface area contributed by atoms with Gasteiger partial charge in [-0.25, -0.2) is 9.29 Å². The highest BCUT2D eigenvalue weighted by Gasteiger charge is 2.40. The summed E-state index contributed by atoms with van der Waals surface area (Å²) in [5.74, 6) is -1.33. The molecule has 3 amide bonds. The molecule has 0 saturated carbocycles. The van der Waals surface area contributed by atoms with Crippen molar-refractivity contribution in [3.63, 3.8) is 0 Å². The first-order valence-corrected chi connectivity index (χ1v) is 9.10. The Morgan fingerprint density at radius 2 is 1.88 bits per heavy atom. The molecule has 0 aromatic heterocycles. The Morgan fingerprint density at radius 3 is 2.58 bits per heavy atom. The van der Waals surface area contributed by atoms with E-state index in [0.717, 1.165) is 27.9 Å². The van der Waals surface area contributed by atoms with Crippen LogP contribution in [0.15, 0.2) is 48.5 Å². The molecule has 1 N–H and O–H groups in total. The SMILES string of the molecule is Cc1ccccc1NC(=O)CS[C@H]1CC(=O)N(c2ccc(F)cc2)C1=O. The number of nitrogens with zero attached hydrogens (tertiary/aromatic N) is 1. The Bertz CT molecular complexity index is 854. The van der Waals surface area contributed by atoms with Crippen LogP contribution in [0.25, 0.3) is 0 Å². The van der Waals surface area contributed by atoms with Gasteiger partial charge in [0.2, 0.25) is 17.7 Å². The summed E-state index contributed by atoms with van der Waals surface area (Å²) >= 11 is 1.13. The van der Waals surface area contributed by atoms with Gasteiger partial charge in [0.25, 0.3) is 0 Å². The number of thioether (sulfide) groups is 1. The van der Waals surface area contributed by atoms with Gasteiger partial charge in [0, 0.05) is 12.1 Å². The Morgan fingerprint density at radius 1 is 1.19 bits per heavy atom. The Labute approximate surface area is 154 Å². The zero-order valence-electron chi connectivity index (χ0n) is 14.1. The average Bonchev–Trinajstić information content (AvgIpc) is 2.90. The van der Waals surface area contributed by atoms with Crippen molar-refractivity contribution >= 4 is 40.9 Å². The summed E-state index contributed by atoms with van der Waals surface area (Å²) in [6.07, 6.45) is 0.0263. The lowest BCUT2D eigenvalue weighted by Crippen LogP contribution is -2.31. The molecule has 3 rings (SSSR count). The highest BCUT2D eigenvalue weighted by molar-refractivity contribution is 8.01. The van der Waals surface area contributed by atoms with E-state index in [1.165, 1.54) is 24.3 Å². The van der Waals surface area contributed by atoms with Crippen molar-refractivity contribution in [2.45, 2.75) is 18.6 Å². The fourth-order valence-corrected chi connectivity index (χ4v) is 3.60. The zero-order valence-corrected chi connectivity index (χ0v) is 14.9. The van der Waals surface area contributed by atoms with Gasteiger partial charge in [-0.3, -0.25) is 14.4 Å². The topological polar surface area (TPSA) is 66.5 Å². The quantitative estimate of drug-likeness (QED) is 0.819. The van der Waals surface area contributed by atoms with Gasteiger partial charge in [0.15, 0.2) is 0 Å². The summed E-state index contributed by atoms with van der Waals surface area (Å²) in [5.41, 5.74) is 2.01. The molecule has 1 saturated heterocycles. The average molecular weight is 372 g/mol. The van der Waals surface area contributed by atoms with Gasteiger partial charge in [-0.05, 0) is 42.8 Å². The molecule has 2 aromatic rings. The van der Waals surface area contributed by atoms with Gasteiger partial charge in [-0.2, -0.15) is 0 Å². The van der Waals surface area contributed by atoms with E-state index in [2.05, 4.69) is 5.32 Å². The number of anilines is 2. The van der Waals surface area contributed by atoms with Crippen molar-refractivity contribution in [1.82, 2.24) is 0 Å². The van der Waals surface area contributed by atoms with E-state index < -0.39 is 11.1 Å². The van der Waals surface area contributed by atoms with Crippen LogP contribution in [-0.4, -0.2) is 28.7 Å². The van der Waals surface area contributed by atoms with Crippen LogP contribution in [0.3, 0.4) is 0 Å². The van der Waals surface area contributed by atoms with E-state index in [0.29, 0.717) is 5.69 Å². The van der Waals surface area contributed by atoms with Crippen LogP contribution in [0.2, 0.25) is 0 Å². The fourth-order valence-electron chi connectivity index (χ4n) is 2.67. The second-order valence-electron chi connectivity index (χ2n) is 5.91. The predicted molar refractivity (Wildman–Crippen MR) is 99.6 cm³/mol. The number of hydrogen-bond donors (Lipinski definition) is 1. The van der Waals surface area contributed by atoms with Gasteiger partial charge in [-0.1, -0.05) is 18.2 Å². The van der Waals surface area contributed by atoms with E-state index in [4.69, 9.17) is 0 Å². The monoisotopic (exact) mass is 372 g/mol.